The van der Waals surface area contributed by atoms with E-state index in [0.29, 0.717) is 18.6 Å². The molecule has 1 aromatic carbocycles. The minimum absolute atomic E-state index is 0.378. The van der Waals surface area contributed by atoms with Crippen LogP contribution in [0.25, 0.3) is 0 Å². The Hall–Kier alpha value is -2.08. The molecule has 1 aromatic heterocycles. The van der Waals surface area contributed by atoms with E-state index in [1.807, 2.05) is 24.3 Å². The molecule has 1 aliphatic carbocycles. The topological polar surface area (TPSA) is 58.4 Å². The number of nitrogens with zero attached hydrogens (tertiary/aromatic N) is 3. The first-order valence-corrected chi connectivity index (χ1v) is 10.1. The van der Waals surface area contributed by atoms with Crippen molar-refractivity contribution in [1.82, 2.24) is 14.8 Å². The van der Waals surface area contributed by atoms with E-state index in [1.165, 1.54) is 32.1 Å². The van der Waals surface area contributed by atoms with Gasteiger partial charge in [0.1, 0.15) is 23.9 Å². The van der Waals surface area contributed by atoms with Gasteiger partial charge in [-0.25, -0.2) is 9.67 Å². The van der Waals surface area contributed by atoms with Crippen LogP contribution in [0.4, 0.5) is 0 Å². The summed E-state index contributed by atoms with van der Waals surface area (Å²) in [7, 11) is 1.66. The fraction of sp³-hybridized carbons (Fsp3) is 0.619. The number of ether oxygens (including phenoxy) is 3. The van der Waals surface area contributed by atoms with Gasteiger partial charge in [0.2, 0.25) is 0 Å². The molecule has 2 aromatic rings. The van der Waals surface area contributed by atoms with Gasteiger partial charge in [-0.3, -0.25) is 0 Å². The highest BCUT2D eigenvalue weighted by atomic mass is 16.5. The highest BCUT2D eigenvalue weighted by Gasteiger charge is 2.27. The zero-order valence-corrected chi connectivity index (χ0v) is 16.1. The lowest BCUT2D eigenvalue weighted by Gasteiger charge is -2.27. The second-order valence-electron chi connectivity index (χ2n) is 7.48. The third kappa shape index (κ3) is 4.43. The van der Waals surface area contributed by atoms with Crippen molar-refractivity contribution in [2.45, 2.75) is 63.5 Å². The Morgan fingerprint density at radius 1 is 1.07 bits per heavy atom. The van der Waals surface area contributed by atoms with E-state index in [4.69, 9.17) is 24.3 Å². The second kappa shape index (κ2) is 8.74. The molecule has 1 saturated carbocycles. The number of hydrogen-bond donors (Lipinski definition) is 0. The third-order valence-electron chi connectivity index (χ3n) is 5.62. The maximum Gasteiger partial charge on any atom is 0.188 e. The van der Waals surface area contributed by atoms with Crippen LogP contribution in [0.1, 0.15) is 68.6 Å². The van der Waals surface area contributed by atoms with Crippen molar-refractivity contribution in [3.8, 4) is 11.5 Å². The number of rotatable bonds is 6. The summed E-state index contributed by atoms with van der Waals surface area (Å²) in [6.45, 7) is 2.01. The predicted octanol–water partition coefficient (Wildman–Crippen LogP) is 4.26. The number of methoxy groups -OCH3 is 1. The first kappa shape index (κ1) is 18.3. The molecule has 27 heavy (non-hydrogen) atoms. The van der Waals surface area contributed by atoms with Gasteiger partial charge in [0, 0.05) is 25.2 Å². The first-order valence-electron chi connectivity index (χ1n) is 10.1. The van der Waals surface area contributed by atoms with Gasteiger partial charge in [0.25, 0.3) is 0 Å². The SMILES string of the molecule is COc1cccc(OCc2nc(C3CCOCC3)n(C3CCCCC3)n2)c1. The molecule has 2 aliphatic rings. The van der Waals surface area contributed by atoms with E-state index in [0.717, 1.165) is 49.2 Å². The van der Waals surface area contributed by atoms with Gasteiger partial charge < -0.3 is 14.2 Å². The van der Waals surface area contributed by atoms with Gasteiger partial charge in [-0.1, -0.05) is 25.3 Å². The van der Waals surface area contributed by atoms with E-state index in [-0.39, 0.29) is 0 Å². The standard InChI is InChI=1S/C21H29N3O3/c1-25-18-8-5-9-19(14-18)27-15-20-22-21(16-10-12-26-13-11-16)24(23-20)17-6-3-2-4-7-17/h5,8-9,14,16-17H,2-4,6-7,10-13,15H2,1H3. The molecule has 1 saturated heterocycles. The highest BCUT2D eigenvalue weighted by molar-refractivity contribution is 5.32. The van der Waals surface area contributed by atoms with E-state index >= 15 is 0 Å². The van der Waals surface area contributed by atoms with Crippen LogP contribution >= 0.6 is 0 Å². The maximum absolute atomic E-state index is 5.93. The van der Waals surface area contributed by atoms with Crippen LogP contribution in [0.2, 0.25) is 0 Å². The molecule has 0 amide bonds. The van der Waals surface area contributed by atoms with Crippen molar-refractivity contribution < 1.29 is 14.2 Å². The summed E-state index contributed by atoms with van der Waals surface area (Å²) in [5.74, 6) is 3.91. The lowest BCUT2D eigenvalue weighted by atomic mass is 9.94. The van der Waals surface area contributed by atoms with E-state index in [9.17, 15) is 0 Å². The van der Waals surface area contributed by atoms with E-state index in [2.05, 4.69) is 4.68 Å². The van der Waals surface area contributed by atoms with Gasteiger partial charge in [-0.15, -0.1) is 0 Å². The predicted molar refractivity (Wildman–Crippen MR) is 102 cm³/mol. The van der Waals surface area contributed by atoms with Crippen molar-refractivity contribution in [3.05, 3.63) is 35.9 Å². The van der Waals surface area contributed by atoms with Crippen LogP contribution in [-0.2, 0) is 11.3 Å². The monoisotopic (exact) mass is 371 g/mol. The molecule has 2 fully saturated rings. The lowest BCUT2D eigenvalue weighted by Crippen LogP contribution is -2.22. The van der Waals surface area contributed by atoms with Gasteiger partial charge in [0.15, 0.2) is 5.82 Å². The Balaban J connectivity index is 1.52. The maximum atomic E-state index is 5.93. The average Bonchev–Trinajstić information content (AvgIpc) is 3.18. The molecule has 0 atom stereocenters. The Labute approximate surface area is 160 Å². The van der Waals surface area contributed by atoms with E-state index in [1.54, 1.807) is 7.11 Å². The molecule has 6 nitrogen and oxygen atoms in total. The Bertz CT molecular complexity index is 699. The first-order chi connectivity index (χ1) is 13.3. The molecular formula is C21H29N3O3. The summed E-state index contributed by atoms with van der Waals surface area (Å²) in [5.41, 5.74) is 0. The molecule has 0 spiro atoms. The Kier molecular flexibility index (Phi) is 5.92. The van der Waals surface area contributed by atoms with Gasteiger partial charge in [0.05, 0.1) is 13.2 Å². The van der Waals surface area contributed by atoms with Crippen LogP contribution in [0.5, 0.6) is 11.5 Å². The second-order valence-corrected chi connectivity index (χ2v) is 7.48. The zero-order chi connectivity index (χ0) is 18.5. The molecule has 0 N–H and O–H groups in total. The van der Waals surface area contributed by atoms with Gasteiger partial charge >= 0.3 is 0 Å². The third-order valence-corrected chi connectivity index (χ3v) is 5.62. The van der Waals surface area contributed by atoms with Crippen molar-refractivity contribution >= 4 is 0 Å². The summed E-state index contributed by atoms with van der Waals surface area (Å²) in [6.07, 6.45) is 8.37. The molecule has 2 heterocycles. The normalized spacial score (nSPS) is 19.1. The van der Waals surface area contributed by atoms with Crippen molar-refractivity contribution in [3.63, 3.8) is 0 Å². The zero-order valence-electron chi connectivity index (χ0n) is 16.1. The molecule has 146 valence electrons. The molecule has 4 rings (SSSR count). The molecule has 1 aliphatic heterocycles. The van der Waals surface area contributed by atoms with Crippen molar-refractivity contribution in [2.75, 3.05) is 20.3 Å². The summed E-state index contributed by atoms with van der Waals surface area (Å²) in [6, 6.07) is 8.13. The van der Waals surface area contributed by atoms with Crippen molar-refractivity contribution in [2.24, 2.45) is 0 Å². The van der Waals surface area contributed by atoms with Crippen LogP contribution in [0.15, 0.2) is 24.3 Å². The Morgan fingerprint density at radius 2 is 1.85 bits per heavy atom. The van der Waals surface area contributed by atoms with Crippen molar-refractivity contribution in [1.29, 1.82) is 0 Å². The average molecular weight is 371 g/mol. The fourth-order valence-electron chi connectivity index (χ4n) is 4.11. The molecule has 0 unspecified atom stereocenters. The number of benzene rings is 1. The Morgan fingerprint density at radius 3 is 2.63 bits per heavy atom. The van der Waals surface area contributed by atoms with E-state index < -0.39 is 0 Å². The summed E-state index contributed by atoms with van der Waals surface area (Å²) in [4.78, 5) is 4.91. The van der Waals surface area contributed by atoms with Gasteiger partial charge in [-0.2, -0.15) is 5.10 Å². The highest BCUT2D eigenvalue weighted by Crippen LogP contribution is 2.33. The lowest BCUT2D eigenvalue weighted by molar-refractivity contribution is 0.0817. The number of aromatic nitrogens is 3. The minimum atomic E-state index is 0.378. The quantitative estimate of drug-likeness (QED) is 0.759. The van der Waals surface area contributed by atoms with Crippen LogP contribution in [0, 0.1) is 0 Å². The number of hydrogen-bond acceptors (Lipinski definition) is 5. The summed E-state index contributed by atoms with van der Waals surface area (Å²) in [5, 5.41) is 4.88. The largest absolute Gasteiger partial charge is 0.497 e. The molecule has 6 heteroatoms. The minimum Gasteiger partial charge on any atom is -0.497 e. The van der Waals surface area contributed by atoms with Crippen LogP contribution in [-0.4, -0.2) is 35.1 Å². The van der Waals surface area contributed by atoms with Crippen LogP contribution in [0.3, 0.4) is 0 Å². The smallest absolute Gasteiger partial charge is 0.188 e. The molecule has 0 bridgehead atoms. The summed E-state index contributed by atoms with van der Waals surface area (Å²) >= 11 is 0. The molecule has 0 radical (unpaired) electrons. The fourth-order valence-corrected chi connectivity index (χ4v) is 4.11. The van der Waals surface area contributed by atoms with Crippen LogP contribution < -0.4 is 9.47 Å². The van der Waals surface area contributed by atoms with Gasteiger partial charge in [-0.05, 0) is 37.8 Å². The molecular weight excluding hydrogens is 342 g/mol. The summed E-state index contributed by atoms with van der Waals surface area (Å²) < 4.78 is 19.0.